The number of hydrogen-bond acceptors (Lipinski definition) is 3. The van der Waals surface area contributed by atoms with E-state index in [1.54, 1.807) is 43.3 Å². The first kappa shape index (κ1) is 16.3. The van der Waals surface area contributed by atoms with Crippen LogP contribution in [0.5, 0.6) is 0 Å². The van der Waals surface area contributed by atoms with Crippen LogP contribution in [0.25, 0.3) is 0 Å². The largest absolute Gasteiger partial charge is 0.462 e. The van der Waals surface area contributed by atoms with Crippen molar-refractivity contribution in [2.24, 2.45) is 0 Å². The first-order valence-electron chi connectivity index (χ1n) is 6.55. The molecule has 0 radical (unpaired) electrons. The van der Waals surface area contributed by atoms with E-state index >= 15 is 0 Å². The molecule has 2 aromatic rings. The van der Waals surface area contributed by atoms with Crippen LogP contribution in [0.3, 0.4) is 0 Å². The zero-order chi connectivity index (χ0) is 16.1. The molecule has 114 valence electrons. The molecule has 4 nitrogen and oxygen atoms in total. The fraction of sp³-hybridized carbons (Fsp3) is 0.125. The van der Waals surface area contributed by atoms with Gasteiger partial charge >= 0.3 is 5.97 Å². The highest BCUT2D eigenvalue weighted by molar-refractivity contribution is 6.42. The summed E-state index contributed by atoms with van der Waals surface area (Å²) >= 11 is 11.7. The van der Waals surface area contributed by atoms with Gasteiger partial charge in [0.1, 0.15) is 0 Å². The Hall–Kier alpha value is -2.04. The van der Waals surface area contributed by atoms with Crippen molar-refractivity contribution < 1.29 is 14.3 Å². The van der Waals surface area contributed by atoms with Crippen molar-refractivity contribution in [1.82, 2.24) is 0 Å². The quantitative estimate of drug-likeness (QED) is 0.840. The van der Waals surface area contributed by atoms with Crippen molar-refractivity contribution in [3.63, 3.8) is 0 Å². The zero-order valence-corrected chi connectivity index (χ0v) is 13.2. The molecule has 1 N–H and O–H groups in total. The lowest BCUT2D eigenvalue weighted by molar-refractivity contribution is 0.0526. The van der Waals surface area contributed by atoms with Crippen molar-refractivity contribution >= 4 is 40.8 Å². The first-order chi connectivity index (χ1) is 10.5. The highest BCUT2D eigenvalue weighted by Gasteiger charge is 2.10. The van der Waals surface area contributed by atoms with E-state index in [1.165, 1.54) is 6.07 Å². The molecule has 0 saturated heterocycles. The molecule has 2 aromatic carbocycles. The molecule has 0 aliphatic rings. The monoisotopic (exact) mass is 337 g/mol. The Kier molecular flexibility index (Phi) is 5.41. The van der Waals surface area contributed by atoms with Crippen molar-refractivity contribution in [1.29, 1.82) is 0 Å². The minimum absolute atomic E-state index is 0.312. The van der Waals surface area contributed by atoms with E-state index in [0.29, 0.717) is 33.5 Å². The Labute approximate surface area is 138 Å². The maximum atomic E-state index is 12.1. The minimum Gasteiger partial charge on any atom is -0.462 e. The number of benzene rings is 2. The lowest BCUT2D eigenvalue weighted by Crippen LogP contribution is -2.12. The van der Waals surface area contributed by atoms with Crippen LogP contribution < -0.4 is 5.32 Å². The first-order valence-corrected chi connectivity index (χ1v) is 7.30. The maximum absolute atomic E-state index is 12.1. The van der Waals surface area contributed by atoms with Crippen LogP contribution >= 0.6 is 23.2 Å². The Balaban J connectivity index is 2.08. The predicted molar refractivity (Wildman–Crippen MR) is 86.8 cm³/mol. The van der Waals surface area contributed by atoms with Crippen molar-refractivity contribution in [3.05, 3.63) is 63.6 Å². The number of ether oxygens (including phenoxy) is 1. The summed E-state index contributed by atoms with van der Waals surface area (Å²) in [7, 11) is 0. The van der Waals surface area contributed by atoms with Crippen molar-refractivity contribution in [2.45, 2.75) is 6.92 Å². The molecule has 0 fully saturated rings. The number of hydrogen-bond donors (Lipinski definition) is 1. The summed E-state index contributed by atoms with van der Waals surface area (Å²) in [6.07, 6.45) is 0. The van der Waals surface area contributed by atoms with Gasteiger partial charge < -0.3 is 10.1 Å². The fourth-order valence-electron chi connectivity index (χ4n) is 1.74. The molecule has 0 unspecified atom stereocenters. The molecular formula is C16H13Cl2NO3. The van der Waals surface area contributed by atoms with E-state index in [0.717, 1.165) is 0 Å². The summed E-state index contributed by atoms with van der Waals surface area (Å²) in [6, 6.07) is 11.1. The summed E-state index contributed by atoms with van der Waals surface area (Å²) in [5.74, 6) is -0.715. The van der Waals surface area contributed by atoms with Crippen LogP contribution in [0.1, 0.15) is 27.6 Å². The highest BCUT2D eigenvalue weighted by Crippen LogP contribution is 2.23. The lowest BCUT2D eigenvalue weighted by Gasteiger charge is -2.07. The molecule has 0 bridgehead atoms. The van der Waals surface area contributed by atoms with Crippen LogP contribution in [0.4, 0.5) is 5.69 Å². The molecule has 0 heterocycles. The van der Waals surface area contributed by atoms with E-state index in [1.807, 2.05) is 0 Å². The van der Waals surface area contributed by atoms with Gasteiger partial charge in [-0.3, -0.25) is 4.79 Å². The van der Waals surface area contributed by atoms with E-state index in [4.69, 9.17) is 27.9 Å². The number of carbonyl (C=O) groups excluding carboxylic acids is 2. The van der Waals surface area contributed by atoms with Gasteiger partial charge in [-0.1, -0.05) is 23.2 Å². The van der Waals surface area contributed by atoms with Gasteiger partial charge in [0, 0.05) is 11.3 Å². The Morgan fingerprint density at radius 2 is 1.64 bits per heavy atom. The van der Waals surface area contributed by atoms with Gasteiger partial charge in [-0.25, -0.2) is 4.79 Å². The number of halogens is 2. The number of nitrogens with one attached hydrogen (secondary N) is 1. The number of esters is 1. The number of rotatable bonds is 4. The normalized spacial score (nSPS) is 10.1. The summed E-state index contributed by atoms with van der Waals surface area (Å²) in [4.78, 5) is 23.6. The molecular weight excluding hydrogens is 325 g/mol. The second-order valence-corrected chi connectivity index (χ2v) is 5.20. The summed E-state index contributed by atoms with van der Waals surface area (Å²) in [5, 5.41) is 3.41. The van der Waals surface area contributed by atoms with Gasteiger partial charge in [0.25, 0.3) is 5.91 Å². The second kappa shape index (κ2) is 7.29. The van der Waals surface area contributed by atoms with Crippen LogP contribution in [0.2, 0.25) is 10.0 Å². The second-order valence-electron chi connectivity index (χ2n) is 4.38. The minimum atomic E-state index is -0.398. The number of carbonyl (C=O) groups is 2. The van der Waals surface area contributed by atoms with E-state index in [2.05, 4.69) is 5.32 Å². The van der Waals surface area contributed by atoms with Gasteiger partial charge in [0.05, 0.1) is 22.2 Å². The molecule has 0 atom stereocenters. The molecule has 0 saturated carbocycles. The SMILES string of the molecule is CCOC(=O)c1ccc(NC(=O)c2ccc(Cl)c(Cl)c2)cc1. The molecule has 0 aliphatic carbocycles. The van der Waals surface area contributed by atoms with Gasteiger partial charge in [0.15, 0.2) is 0 Å². The van der Waals surface area contributed by atoms with Crippen LogP contribution in [0.15, 0.2) is 42.5 Å². The topological polar surface area (TPSA) is 55.4 Å². The average molecular weight is 338 g/mol. The third kappa shape index (κ3) is 4.00. The Bertz CT molecular complexity index is 699. The van der Waals surface area contributed by atoms with Crippen LogP contribution in [-0.4, -0.2) is 18.5 Å². The maximum Gasteiger partial charge on any atom is 0.338 e. The van der Waals surface area contributed by atoms with Gasteiger partial charge in [0.2, 0.25) is 0 Å². The summed E-state index contributed by atoms with van der Waals surface area (Å²) in [6.45, 7) is 2.05. The predicted octanol–water partition coefficient (Wildman–Crippen LogP) is 4.42. The zero-order valence-electron chi connectivity index (χ0n) is 11.7. The lowest BCUT2D eigenvalue weighted by atomic mass is 10.2. The molecule has 1 amide bonds. The Morgan fingerprint density at radius 3 is 2.23 bits per heavy atom. The van der Waals surface area contributed by atoms with Crippen molar-refractivity contribution in [2.75, 3.05) is 11.9 Å². The van der Waals surface area contributed by atoms with Crippen LogP contribution in [-0.2, 0) is 4.74 Å². The number of anilines is 1. The third-order valence-corrected chi connectivity index (χ3v) is 3.57. The van der Waals surface area contributed by atoms with E-state index in [-0.39, 0.29) is 5.91 Å². The van der Waals surface area contributed by atoms with E-state index in [9.17, 15) is 9.59 Å². The highest BCUT2D eigenvalue weighted by atomic mass is 35.5. The van der Waals surface area contributed by atoms with E-state index < -0.39 is 5.97 Å². The number of amides is 1. The van der Waals surface area contributed by atoms with Gasteiger partial charge in [-0.2, -0.15) is 0 Å². The van der Waals surface area contributed by atoms with Crippen LogP contribution in [0, 0.1) is 0 Å². The standard InChI is InChI=1S/C16H13Cl2NO3/c1-2-22-16(21)10-3-6-12(7-4-10)19-15(20)11-5-8-13(17)14(18)9-11/h3-9H,2H2,1H3,(H,19,20). The fourth-order valence-corrected chi connectivity index (χ4v) is 2.04. The Morgan fingerprint density at radius 1 is 1.00 bits per heavy atom. The van der Waals surface area contributed by atoms with Gasteiger partial charge in [-0.05, 0) is 49.4 Å². The molecule has 0 aliphatic heterocycles. The molecule has 22 heavy (non-hydrogen) atoms. The smallest absolute Gasteiger partial charge is 0.338 e. The van der Waals surface area contributed by atoms with Crippen molar-refractivity contribution in [3.8, 4) is 0 Å². The average Bonchev–Trinajstić information content (AvgIpc) is 2.51. The third-order valence-electron chi connectivity index (χ3n) is 2.84. The summed E-state index contributed by atoms with van der Waals surface area (Å²) in [5.41, 5.74) is 1.38. The molecule has 0 aromatic heterocycles. The summed E-state index contributed by atoms with van der Waals surface area (Å²) < 4.78 is 4.89. The molecule has 2 rings (SSSR count). The van der Waals surface area contributed by atoms with Gasteiger partial charge in [-0.15, -0.1) is 0 Å². The molecule has 0 spiro atoms. The molecule has 6 heteroatoms.